The molecule has 0 bridgehead atoms. The number of benzene rings is 1. The third kappa shape index (κ3) is 3.24. The number of nitrogens with zero attached hydrogens (tertiary/aromatic N) is 1. The molecule has 1 fully saturated rings. The van der Waals surface area contributed by atoms with Gasteiger partial charge in [-0.1, -0.05) is 13.0 Å². The van der Waals surface area contributed by atoms with Gasteiger partial charge in [0, 0.05) is 41.6 Å². The summed E-state index contributed by atoms with van der Waals surface area (Å²) in [5, 5.41) is 0.253. The molecule has 0 aliphatic carbocycles. The minimum absolute atomic E-state index is 0.00699. The molecule has 10 heteroatoms. The number of nitrogens with one attached hydrogen (secondary N) is 1. The molecule has 4 rings (SSSR count). The number of rotatable bonds is 3. The summed E-state index contributed by atoms with van der Waals surface area (Å²) in [6.45, 7) is 2.22. The Bertz CT molecular complexity index is 1240. The number of aromatic amines is 1. The predicted octanol–water partition coefficient (Wildman–Crippen LogP) is 5.02. The number of pyridine rings is 2. The van der Waals surface area contributed by atoms with Crippen LogP contribution in [-0.4, -0.2) is 28.9 Å². The second-order valence-corrected chi connectivity index (χ2v) is 7.95. The topological polar surface area (TPSA) is 64.2 Å². The summed E-state index contributed by atoms with van der Waals surface area (Å²) < 4.78 is 81.0. The number of H-pyrrole nitrogens is 1. The Morgan fingerprint density at radius 2 is 1.94 bits per heavy atom. The molecule has 3 aromatic rings. The van der Waals surface area contributed by atoms with E-state index in [1.54, 1.807) is 0 Å². The van der Waals surface area contributed by atoms with Gasteiger partial charge >= 0.3 is 6.18 Å². The van der Waals surface area contributed by atoms with Gasteiger partial charge in [0.15, 0.2) is 22.6 Å². The summed E-state index contributed by atoms with van der Waals surface area (Å²) in [5.41, 5.74) is -2.65. The van der Waals surface area contributed by atoms with Crippen LogP contribution in [0.4, 0.5) is 22.0 Å². The monoisotopic (exact) mass is 454 g/mol. The molecule has 1 aliphatic rings. The maximum Gasteiger partial charge on any atom is 0.417 e. The van der Waals surface area contributed by atoms with Gasteiger partial charge in [-0.05, 0) is 19.1 Å². The third-order valence-electron chi connectivity index (χ3n) is 6.27. The van der Waals surface area contributed by atoms with E-state index in [1.165, 1.54) is 31.5 Å². The van der Waals surface area contributed by atoms with Crippen molar-refractivity contribution in [1.29, 1.82) is 0 Å². The van der Waals surface area contributed by atoms with Gasteiger partial charge in [-0.15, -0.1) is 0 Å². The van der Waals surface area contributed by atoms with E-state index >= 15 is 0 Å². The molecular weight excluding hydrogens is 435 g/mol. The Balaban J connectivity index is 1.96. The Hall–Kier alpha value is -3.01. The molecule has 0 radical (unpaired) electrons. The first-order valence-corrected chi connectivity index (χ1v) is 9.73. The highest BCUT2D eigenvalue weighted by atomic mass is 19.4. The molecule has 32 heavy (non-hydrogen) atoms. The summed E-state index contributed by atoms with van der Waals surface area (Å²) in [7, 11) is 1.10. The van der Waals surface area contributed by atoms with Crippen molar-refractivity contribution in [1.82, 2.24) is 9.97 Å². The van der Waals surface area contributed by atoms with Crippen molar-refractivity contribution >= 4 is 10.9 Å². The first-order chi connectivity index (χ1) is 15.0. The van der Waals surface area contributed by atoms with Crippen molar-refractivity contribution in [2.75, 3.05) is 7.11 Å². The second kappa shape index (κ2) is 7.54. The van der Waals surface area contributed by atoms with Gasteiger partial charge in [0.1, 0.15) is 6.10 Å². The van der Waals surface area contributed by atoms with Crippen molar-refractivity contribution in [3.05, 3.63) is 69.8 Å². The lowest BCUT2D eigenvalue weighted by atomic mass is 9.76. The number of ether oxygens (including phenoxy) is 2. The van der Waals surface area contributed by atoms with Gasteiger partial charge in [0.2, 0.25) is 5.82 Å². The molecule has 1 aromatic carbocycles. The van der Waals surface area contributed by atoms with Crippen LogP contribution < -0.4 is 10.2 Å². The van der Waals surface area contributed by atoms with Gasteiger partial charge in [0.25, 0.3) is 0 Å². The number of hydrogen-bond acceptors (Lipinski definition) is 4. The van der Waals surface area contributed by atoms with E-state index in [1.807, 2.05) is 0 Å². The van der Waals surface area contributed by atoms with E-state index in [2.05, 4.69) is 9.97 Å². The standard InChI is InChI=1S/C22H19F5N2O3/c1-10-17(11-4-5-13(23)18(24)19(11)31-3)20(32-21(10,2)22(25,26)27)15-8-16(30)12-9-28-7-6-14(12)29-15/h4-10,17,20H,1-3H3,(H,29,30)/t10-,17-,20-,21+/m0/s1. The molecule has 3 heterocycles. The largest absolute Gasteiger partial charge is 0.493 e. The molecule has 1 aliphatic heterocycles. The van der Waals surface area contributed by atoms with Crippen LogP contribution >= 0.6 is 0 Å². The van der Waals surface area contributed by atoms with Gasteiger partial charge in [-0.2, -0.15) is 17.6 Å². The Morgan fingerprint density at radius 3 is 2.59 bits per heavy atom. The first kappa shape index (κ1) is 22.2. The number of alkyl halides is 3. The zero-order valence-electron chi connectivity index (χ0n) is 17.3. The van der Waals surface area contributed by atoms with Crippen LogP contribution in [-0.2, 0) is 4.74 Å². The van der Waals surface area contributed by atoms with Gasteiger partial charge < -0.3 is 14.5 Å². The average Bonchev–Trinajstić information content (AvgIpc) is 3.02. The van der Waals surface area contributed by atoms with E-state index in [0.717, 1.165) is 26.2 Å². The lowest BCUT2D eigenvalue weighted by Gasteiger charge is -2.32. The minimum Gasteiger partial charge on any atom is -0.493 e. The van der Waals surface area contributed by atoms with Crippen LogP contribution in [0.15, 0.2) is 41.5 Å². The SMILES string of the molecule is COc1c([C@H]2[C@H](c3cc(=O)c4cnccc4[nH]3)O[C@@](C)(C(F)(F)F)[C@H]2C)ccc(F)c1F. The highest BCUT2D eigenvalue weighted by molar-refractivity contribution is 5.77. The molecule has 170 valence electrons. The van der Waals surface area contributed by atoms with E-state index in [-0.39, 0.29) is 16.6 Å². The van der Waals surface area contributed by atoms with E-state index in [0.29, 0.717) is 5.52 Å². The smallest absolute Gasteiger partial charge is 0.417 e. The van der Waals surface area contributed by atoms with Crippen LogP contribution in [0.1, 0.15) is 37.1 Å². The lowest BCUT2D eigenvalue weighted by Crippen LogP contribution is -2.46. The fourth-order valence-electron chi connectivity index (χ4n) is 4.34. The quantitative estimate of drug-likeness (QED) is 0.565. The molecular formula is C22H19F5N2O3. The van der Waals surface area contributed by atoms with Crippen molar-refractivity contribution in [3.8, 4) is 5.75 Å². The predicted molar refractivity (Wildman–Crippen MR) is 105 cm³/mol. The summed E-state index contributed by atoms with van der Waals surface area (Å²) >= 11 is 0. The molecule has 1 N–H and O–H groups in total. The highest BCUT2D eigenvalue weighted by Crippen LogP contribution is 2.59. The van der Waals surface area contributed by atoms with Crippen LogP contribution in [0.5, 0.6) is 5.75 Å². The molecule has 1 saturated heterocycles. The average molecular weight is 454 g/mol. The fraction of sp³-hybridized carbons (Fsp3) is 0.364. The third-order valence-corrected chi connectivity index (χ3v) is 6.27. The maximum absolute atomic E-state index is 14.4. The van der Waals surface area contributed by atoms with E-state index in [9.17, 15) is 26.7 Å². The van der Waals surface area contributed by atoms with Gasteiger partial charge in [-0.3, -0.25) is 9.78 Å². The zero-order valence-corrected chi connectivity index (χ0v) is 17.3. The van der Waals surface area contributed by atoms with Crippen molar-refractivity contribution < 1.29 is 31.4 Å². The Labute approximate surface area is 179 Å². The molecule has 0 spiro atoms. The van der Waals surface area contributed by atoms with Crippen molar-refractivity contribution in [2.45, 2.75) is 37.6 Å². The van der Waals surface area contributed by atoms with Crippen LogP contribution in [0.3, 0.4) is 0 Å². The van der Waals surface area contributed by atoms with E-state index in [4.69, 9.17) is 9.47 Å². The minimum atomic E-state index is -4.77. The summed E-state index contributed by atoms with van der Waals surface area (Å²) in [5.74, 6) is -5.35. The maximum atomic E-state index is 14.4. The molecule has 5 nitrogen and oxygen atoms in total. The number of halogens is 5. The first-order valence-electron chi connectivity index (χ1n) is 9.73. The Morgan fingerprint density at radius 1 is 1.22 bits per heavy atom. The summed E-state index contributed by atoms with van der Waals surface area (Å²) in [4.78, 5) is 19.4. The van der Waals surface area contributed by atoms with Gasteiger partial charge in [0.05, 0.1) is 18.0 Å². The fourth-order valence-corrected chi connectivity index (χ4v) is 4.34. The van der Waals surface area contributed by atoms with E-state index < -0.39 is 52.5 Å². The molecule has 4 atom stereocenters. The molecule has 0 saturated carbocycles. The number of hydrogen-bond donors (Lipinski definition) is 1. The molecule has 0 amide bonds. The summed E-state index contributed by atoms with van der Waals surface area (Å²) in [6.07, 6.45) is -3.32. The number of fused-ring (bicyclic) bond motifs is 1. The van der Waals surface area contributed by atoms with Crippen molar-refractivity contribution in [2.24, 2.45) is 5.92 Å². The molecule has 0 unspecified atom stereocenters. The van der Waals surface area contributed by atoms with Crippen LogP contribution in [0.2, 0.25) is 0 Å². The number of methoxy groups -OCH3 is 1. The molecule has 2 aromatic heterocycles. The van der Waals surface area contributed by atoms with Gasteiger partial charge in [-0.25, -0.2) is 4.39 Å². The van der Waals surface area contributed by atoms with Crippen LogP contribution in [0.25, 0.3) is 10.9 Å². The highest BCUT2D eigenvalue weighted by Gasteiger charge is 2.65. The lowest BCUT2D eigenvalue weighted by molar-refractivity contribution is -0.275. The normalized spacial score (nSPS) is 25.9. The second-order valence-electron chi connectivity index (χ2n) is 7.95. The summed E-state index contributed by atoms with van der Waals surface area (Å²) in [6, 6.07) is 4.66. The zero-order chi connectivity index (χ0) is 23.4. The Kier molecular flexibility index (Phi) is 5.23. The van der Waals surface area contributed by atoms with Crippen molar-refractivity contribution in [3.63, 3.8) is 0 Å². The number of aromatic nitrogens is 2. The van der Waals surface area contributed by atoms with Crippen LogP contribution in [0, 0.1) is 17.6 Å².